The fraction of sp³-hybridized carbons (Fsp3) is 0.0185. The molecule has 60 heavy (non-hydrogen) atoms. The van der Waals surface area contributed by atoms with Crippen LogP contribution in [-0.4, -0.2) is 26.6 Å². The molecule has 0 spiro atoms. The molecular weight excluding hydrogens is 733 g/mol. The monoisotopic (exact) mass is 770 g/mol. The lowest BCUT2D eigenvalue weighted by atomic mass is 9.90. The van der Waals surface area contributed by atoms with Gasteiger partial charge in [0, 0.05) is 27.8 Å². The lowest BCUT2D eigenvalue weighted by Gasteiger charge is -2.24. The van der Waals surface area contributed by atoms with Gasteiger partial charge in [0.2, 0.25) is 0 Å². The van der Waals surface area contributed by atoms with E-state index in [0.717, 1.165) is 72.6 Å². The van der Waals surface area contributed by atoms with Gasteiger partial charge in [0.15, 0.2) is 23.3 Å². The van der Waals surface area contributed by atoms with Gasteiger partial charge in [-0.2, -0.15) is 0 Å². The normalized spacial score (nSPS) is 13.5. The first-order valence-electron chi connectivity index (χ1n) is 20.0. The average Bonchev–Trinajstić information content (AvgIpc) is 3.35. The highest BCUT2D eigenvalue weighted by Crippen LogP contribution is 2.37. The predicted octanol–water partition coefficient (Wildman–Crippen LogP) is 12.4. The summed E-state index contributed by atoms with van der Waals surface area (Å²) >= 11 is 0. The Kier molecular flexibility index (Phi) is 9.92. The first kappa shape index (κ1) is 36.3. The van der Waals surface area contributed by atoms with Crippen molar-refractivity contribution < 1.29 is 0 Å². The largest absolute Gasteiger partial charge is 0.344 e. The van der Waals surface area contributed by atoms with Crippen molar-refractivity contribution in [2.75, 3.05) is 0 Å². The van der Waals surface area contributed by atoms with E-state index in [0.29, 0.717) is 23.3 Å². The summed E-state index contributed by atoms with van der Waals surface area (Å²) in [5.41, 5.74) is 12.4. The zero-order valence-corrected chi connectivity index (χ0v) is 32.6. The van der Waals surface area contributed by atoms with Crippen LogP contribution in [0.2, 0.25) is 0 Å². The van der Waals surface area contributed by atoms with Crippen LogP contribution in [0.3, 0.4) is 0 Å². The Morgan fingerprint density at radius 1 is 0.317 bits per heavy atom. The Labute approximate surface area is 349 Å². The van der Waals surface area contributed by atoms with Crippen LogP contribution in [-0.2, 0) is 0 Å². The zero-order chi connectivity index (χ0) is 40.1. The minimum absolute atomic E-state index is 0.284. The second-order valence-corrected chi connectivity index (χ2v) is 14.6. The standard InChI is InChI=1S/C54H38N6/c1-6-17-37(18-7-1)44-33-34-47(45-27-16-28-46(35-45)54-59-51(41-23-12-4-13-24-41)56-52(60-54)42-25-14-5-15-26-42)48(36-44)38-29-31-43(32-30-38)53-57-49(39-19-8-2-9-20-39)55-50(58-53)40-21-10-3-11-22-40/h1-36,51H,(H,56,59,60). The number of aliphatic imine (C=N–C) groups is 2. The molecule has 0 radical (unpaired) electrons. The van der Waals surface area contributed by atoms with Crippen molar-refractivity contribution in [2.24, 2.45) is 9.98 Å². The third-order valence-electron chi connectivity index (χ3n) is 10.6. The molecule has 0 saturated heterocycles. The van der Waals surface area contributed by atoms with Crippen molar-refractivity contribution >= 4 is 11.7 Å². The van der Waals surface area contributed by atoms with Crippen molar-refractivity contribution in [3.63, 3.8) is 0 Å². The van der Waals surface area contributed by atoms with Gasteiger partial charge in [0.1, 0.15) is 12.0 Å². The number of nitrogens with one attached hydrogen (secondary N) is 1. The van der Waals surface area contributed by atoms with Crippen molar-refractivity contribution in [2.45, 2.75) is 6.17 Å². The highest BCUT2D eigenvalue weighted by molar-refractivity contribution is 6.13. The third kappa shape index (κ3) is 7.65. The SMILES string of the molecule is c1ccc(C2=NC(c3cccc(-c4ccc(-c5ccccc5)cc4-c4ccc(-c5nc(-c6ccccc6)nc(-c6ccccc6)n5)cc4)c3)=NC(c3ccccc3)N2)cc1. The second kappa shape index (κ2) is 16.4. The van der Waals surface area contributed by atoms with Crippen LogP contribution >= 0.6 is 0 Å². The lowest BCUT2D eigenvalue weighted by Crippen LogP contribution is -2.33. The molecule has 0 amide bonds. The van der Waals surface area contributed by atoms with Crippen LogP contribution in [0.1, 0.15) is 22.9 Å². The average molecular weight is 771 g/mol. The first-order valence-corrected chi connectivity index (χ1v) is 20.0. The van der Waals surface area contributed by atoms with E-state index in [-0.39, 0.29) is 6.17 Å². The summed E-state index contributed by atoms with van der Waals surface area (Å²) in [6.45, 7) is 0. The third-order valence-corrected chi connectivity index (χ3v) is 10.6. The summed E-state index contributed by atoms with van der Waals surface area (Å²) in [5, 5.41) is 3.57. The van der Waals surface area contributed by atoms with Crippen LogP contribution in [0, 0.1) is 0 Å². The van der Waals surface area contributed by atoms with E-state index in [1.165, 1.54) is 0 Å². The molecule has 6 heteroatoms. The van der Waals surface area contributed by atoms with Crippen molar-refractivity contribution in [3.05, 3.63) is 235 Å². The van der Waals surface area contributed by atoms with E-state index in [1.54, 1.807) is 0 Å². The van der Waals surface area contributed by atoms with Crippen molar-refractivity contribution in [3.8, 4) is 67.5 Å². The van der Waals surface area contributed by atoms with Gasteiger partial charge >= 0.3 is 0 Å². The first-order chi connectivity index (χ1) is 29.7. The lowest BCUT2D eigenvalue weighted by molar-refractivity contribution is 0.674. The molecule has 1 atom stereocenters. The second-order valence-electron chi connectivity index (χ2n) is 14.6. The summed E-state index contributed by atoms with van der Waals surface area (Å²) in [5.74, 6) is 3.35. The highest BCUT2D eigenvalue weighted by Gasteiger charge is 2.22. The van der Waals surface area contributed by atoms with Crippen molar-refractivity contribution in [1.29, 1.82) is 0 Å². The molecule has 1 aliphatic heterocycles. The molecule has 0 saturated carbocycles. The molecule has 10 rings (SSSR count). The van der Waals surface area contributed by atoms with E-state index < -0.39 is 0 Å². The van der Waals surface area contributed by atoms with E-state index in [9.17, 15) is 0 Å². The summed E-state index contributed by atoms with van der Waals surface area (Å²) in [6.07, 6.45) is -0.284. The van der Waals surface area contributed by atoms with Crippen LogP contribution in [0.4, 0.5) is 0 Å². The van der Waals surface area contributed by atoms with Crippen LogP contribution < -0.4 is 5.32 Å². The molecule has 1 aromatic heterocycles. The van der Waals surface area contributed by atoms with E-state index in [2.05, 4.69) is 121 Å². The molecule has 284 valence electrons. The number of amidine groups is 2. The maximum absolute atomic E-state index is 5.16. The van der Waals surface area contributed by atoms with E-state index in [4.69, 9.17) is 24.9 Å². The van der Waals surface area contributed by atoms with Gasteiger partial charge in [-0.1, -0.05) is 206 Å². The summed E-state index contributed by atoms with van der Waals surface area (Å²) in [7, 11) is 0. The molecule has 0 aliphatic carbocycles. The maximum Gasteiger partial charge on any atom is 0.164 e. The Bertz CT molecular complexity index is 2910. The van der Waals surface area contributed by atoms with E-state index in [1.807, 2.05) is 103 Å². The van der Waals surface area contributed by atoms with E-state index >= 15 is 0 Å². The van der Waals surface area contributed by atoms with Gasteiger partial charge in [-0.05, 0) is 51.1 Å². The minimum atomic E-state index is -0.284. The Hall–Kier alpha value is -8.09. The quantitative estimate of drug-likeness (QED) is 0.159. The number of aromatic nitrogens is 3. The minimum Gasteiger partial charge on any atom is -0.344 e. The van der Waals surface area contributed by atoms with Crippen LogP contribution in [0.25, 0.3) is 67.5 Å². The predicted molar refractivity (Wildman–Crippen MR) is 244 cm³/mol. The molecule has 1 N–H and O–H groups in total. The molecule has 1 aliphatic rings. The summed E-state index contributed by atoms with van der Waals surface area (Å²) < 4.78 is 0. The topological polar surface area (TPSA) is 75.4 Å². The van der Waals surface area contributed by atoms with Gasteiger partial charge in [0.05, 0.1) is 0 Å². The van der Waals surface area contributed by atoms with Gasteiger partial charge in [-0.3, -0.25) is 0 Å². The van der Waals surface area contributed by atoms with Gasteiger partial charge in [-0.15, -0.1) is 0 Å². The van der Waals surface area contributed by atoms with Crippen molar-refractivity contribution in [1.82, 2.24) is 20.3 Å². The van der Waals surface area contributed by atoms with Crippen LogP contribution in [0.15, 0.2) is 228 Å². The molecule has 0 fully saturated rings. The Balaban J connectivity index is 1.06. The zero-order valence-electron chi connectivity index (χ0n) is 32.6. The van der Waals surface area contributed by atoms with Gasteiger partial charge < -0.3 is 5.32 Å². The fourth-order valence-corrected chi connectivity index (χ4v) is 7.53. The number of nitrogens with zero attached hydrogens (tertiary/aromatic N) is 5. The smallest absolute Gasteiger partial charge is 0.164 e. The fourth-order valence-electron chi connectivity index (χ4n) is 7.53. The number of hydrogen-bond acceptors (Lipinski definition) is 6. The molecule has 2 heterocycles. The maximum atomic E-state index is 5.16. The summed E-state index contributed by atoms with van der Waals surface area (Å²) in [4.78, 5) is 25.1. The highest BCUT2D eigenvalue weighted by atomic mass is 15.2. The Morgan fingerprint density at radius 2 is 0.767 bits per heavy atom. The van der Waals surface area contributed by atoms with Gasteiger partial charge in [0.25, 0.3) is 0 Å². The molecule has 9 aromatic rings. The molecule has 1 unspecified atom stereocenters. The number of rotatable bonds is 9. The Morgan fingerprint density at radius 3 is 1.35 bits per heavy atom. The summed E-state index contributed by atoms with van der Waals surface area (Å²) in [6, 6.07) is 75.0. The number of benzene rings is 8. The molecule has 6 nitrogen and oxygen atoms in total. The van der Waals surface area contributed by atoms with Crippen LogP contribution in [0.5, 0.6) is 0 Å². The number of hydrogen-bond donors (Lipinski definition) is 1. The molecule has 0 bridgehead atoms. The van der Waals surface area contributed by atoms with Gasteiger partial charge in [-0.25, -0.2) is 24.9 Å². The molecular formula is C54H38N6. The molecule has 8 aromatic carbocycles.